The highest BCUT2D eigenvalue weighted by Gasteiger charge is 2.18. The van der Waals surface area contributed by atoms with E-state index in [-0.39, 0.29) is 105 Å². The van der Waals surface area contributed by atoms with Crippen LogP contribution in [0.15, 0.2) is 174 Å². The van der Waals surface area contributed by atoms with E-state index in [0.717, 1.165) is 0 Å². The van der Waals surface area contributed by atoms with Crippen molar-refractivity contribution in [3.05, 3.63) is 170 Å². The Morgan fingerprint density at radius 2 is 0.889 bits per heavy atom. The highest BCUT2D eigenvalue weighted by molar-refractivity contribution is 6.22. The molecule has 0 atom stereocenters. The normalized spacial score (nSPS) is 14.7. The van der Waals surface area contributed by atoms with Crippen LogP contribution in [0.1, 0.15) is 13.7 Å². The van der Waals surface area contributed by atoms with Gasteiger partial charge in [0.1, 0.15) is 11.2 Å². The molecule has 0 aliphatic heterocycles. The summed E-state index contributed by atoms with van der Waals surface area (Å²) in [7, 11) is 0. The Hall–Kier alpha value is -5.92. The van der Waals surface area contributed by atoms with Crippen LogP contribution in [-0.4, -0.2) is 0 Å². The zero-order valence-corrected chi connectivity index (χ0v) is 23.8. The van der Waals surface area contributed by atoms with E-state index < -0.39 is 0 Å². The first kappa shape index (κ1) is 17.4. The molecular formula is C44H28O. The van der Waals surface area contributed by atoms with Gasteiger partial charge < -0.3 is 4.42 Å². The average Bonchev–Trinajstić information content (AvgIpc) is 3.61. The fourth-order valence-corrected chi connectivity index (χ4v) is 6.21. The molecule has 9 aromatic rings. The standard InChI is InChI=1S/C44H28O/c1-3-12-29(13-4-1)30-22-24-32(25-23-30)42-35-16-7-9-18-37(35)43(38-19-10-8-17-36(38)42)33-26-27-41-40(28-33)39-21-11-20-34(44(39)45-41)31-14-5-2-6-15-31/h1-28H/i11D,20D,21D,22D,23D,24D,25D,26D,27D,28D. The fourth-order valence-electron chi connectivity index (χ4n) is 6.21. The summed E-state index contributed by atoms with van der Waals surface area (Å²) in [6, 6.07) is 29.8. The minimum atomic E-state index is -0.352. The number of furan rings is 1. The van der Waals surface area contributed by atoms with Gasteiger partial charge in [-0.2, -0.15) is 0 Å². The summed E-state index contributed by atoms with van der Waals surface area (Å²) >= 11 is 0. The average molecular weight is 583 g/mol. The van der Waals surface area contributed by atoms with Crippen molar-refractivity contribution < 1.29 is 18.1 Å². The molecule has 1 heterocycles. The zero-order valence-electron chi connectivity index (χ0n) is 33.8. The molecule has 8 aromatic carbocycles. The number of benzene rings is 8. The third kappa shape index (κ3) is 4.17. The maximum atomic E-state index is 9.74. The maximum Gasteiger partial charge on any atom is 0.143 e. The smallest absolute Gasteiger partial charge is 0.143 e. The summed E-state index contributed by atoms with van der Waals surface area (Å²) in [6.07, 6.45) is 0. The van der Waals surface area contributed by atoms with Crippen molar-refractivity contribution in [2.24, 2.45) is 0 Å². The molecule has 1 nitrogen and oxygen atoms in total. The van der Waals surface area contributed by atoms with Gasteiger partial charge in [-0.1, -0.05) is 158 Å². The van der Waals surface area contributed by atoms with Gasteiger partial charge in [0.15, 0.2) is 0 Å². The molecule has 9 rings (SSSR count). The third-order valence-corrected chi connectivity index (χ3v) is 8.24. The Morgan fingerprint density at radius 3 is 1.51 bits per heavy atom. The van der Waals surface area contributed by atoms with E-state index in [9.17, 15) is 6.85 Å². The molecule has 0 aliphatic rings. The van der Waals surface area contributed by atoms with E-state index >= 15 is 0 Å². The van der Waals surface area contributed by atoms with E-state index in [1.165, 1.54) is 0 Å². The third-order valence-electron chi connectivity index (χ3n) is 8.24. The van der Waals surface area contributed by atoms with E-state index in [1.807, 2.05) is 36.4 Å². The number of fused-ring (bicyclic) bond motifs is 5. The molecule has 0 unspecified atom stereocenters. The predicted molar refractivity (Wildman–Crippen MR) is 190 cm³/mol. The lowest BCUT2D eigenvalue weighted by atomic mass is 9.85. The summed E-state index contributed by atoms with van der Waals surface area (Å²) in [4.78, 5) is 0. The van der Waals surface area contributed by atoms with E-state index in [4.69, 9.17) is 11.3 Å². The van der Waals surface area contributed by atoms with Gasteiger partial charge in [0, 0.05) is 16.3 Å². The zero-order chi connectivity index (χ0) is 38.4. The molecule has 210 valence electrons. The van der Waals surface area contributed by atoms with Gasteiger partial charge in [0.25, 0.3) is 0 Å². The van der Waals surface area contributed by atoms with Crippen molar-refractivity contribution in [3.8, 4) is 44.5 Å². The van der Waals surface area contributed by atoms with Gasteiger partial charge in [-0.15, -0.1) is 0 Å². The van der Waals surface area contributed by atoms with Crippen LogP contribution in [-0.2, 0) is 0 Å². The number of hydrogen-bond donors (Lipinski definition) is 0. The summed E-state index contributed by atoms with van der Waals surface area (Å²) in [5, 5.41) is 2.44. The van der Waals surface area contributed by atoms with Gasteiger partial charge in [0.05, 0.1) is 13.7 Å². The summed E-state index contributed by atoms with van der Waals surface area (Å²) in [5.41, 5.74) is 2.74. The van der Waals surface area contributed by atoms with Gasteiger partial charge in [-0.05, 0) is 72.6 Å². The van der Waals surface area contributed by atoms with Crippen LogP contribution in [0.5, 0.6) is 0 Å². The molecular weight excluding hydrogens is 544 g/mol. The summed E-state index contributed by atoms with van der Waals surface area (Å²) < 4.78 is 97.8. The largest absolute Gasteiger partial charge is 0.455 e. The van der Waals surface area contributed by atoms with Crippen LogP contribution >= 0.6 is 0 Å². The second-order valence-electron chi connectivity index (χ2n) is 10.8. The number of para-hydroxylation sites is 1. The lowest BCUT2D eigenvalue weighted by Crippen LogP contribution is -1.91. The molecule has 0 bridgehead atoms. The Bertz CT molecular complexity index is 3000. The first-order chi connectivity index (χ1) is 26.5. The predicted octanol–water partition coefficient (Wildman–Crippen LogP) is 12.6. The van der Waals surface area contributed by atoms with Crippen LogP contribution in [0, 0.1) is 0 Å². The Balaban J connectivity index is 1.42. The fraction of sp³-hybridized carbons (Fsp3) is 0. The minimum Gasteiger partial charge on any atom is -0.455 e. The first-order valence-corrected chi connectivity index (χ1v) is 14.6. The van der Waals surface area contributed by atoms with Gasteiger partial charge >= 0.3 is 0 Å². The van der Waals surface area contributed by atoms with Gasteiger partial charge in [0.2, 0.25) is 0 Å². The molecule has 1 heteroatoms. The highest BCUT2D eigenvalue weighted by Crippen LogP contribution is 2.45. The molecule has 0 aliphatic carbocycles. The van der Waals surface area contributed by atoms with Crippen molar-refractivity contribution in [1.82, 2.24) is 0 Å². The molecule has 0 fully saturated rings. The molecule has 0 saturated carbocycles. The SMILES string of the molecule is [2H]c1c([2H])c(-c2c3ccccc3c(-c3c([2H])c([2H])c4oc5c(-c6ccccc6)c([2H])c([2H])c([2H])c5c4c3[2H])c3ccccc23)c([2H])c([2H])c1-c1ccccc1. The molecule has 0 amide bonds. The quantitative estimate of drug-likeness (QED) is 0.188. The Labute approximate surface area is 275 Å². The van der Waals surface area contributed by atoms with Crippen LogP contribution in [0.3, 0.4) is 0 Å². The number of rotatable bonds is 4. The van der Waals surface area contributed by atoms with E-state index in [0.29, 0.717) is 43.8 Å². The molecule has 1 aromatic heterocycles. The molecule has 0 radical (unpaired) electrons. The van der Waals surface area contributed by atoms with Crippen LogP contribution in [0.2, 0.25) is 0 Å². The monoisotopic (exact) mass is 582 g/mol. The summed E-state index contributed by atoms with van der Waals surface area (Å²) in [6.45, 7) is 0. The lowest BCUT2D eigenvalue weighted by molar-refractivity contribution is 0.670. The molecule has 0 saturated heterocycles. The second-order valence-corrected chi connectivity index (χ2v) is 10.8. The van der Waals surface area contributed by atoms with Crippen molar-refractivity contribution >= 4 is 43.5 Å². The van der Waals surface area contributed by atoms with Crippen molar-refractivity contribution in [2.75, 3.05) is 0 Å². The van der Waals surface area contributed by atoms with Gasteiger partial charge in [-0.3, -0.25) is 0 Å². The van der Waals surface area contributed by atoms with Gasteiger partial charge in [-0.25, -0.2) is 0 Å². The maximum absolute atomic E-state index is 9.74. The van der Waals surface area contributed by atoms with Crippen LogP contribution in [0.25, 0.3) is 88.0 Å². The van der Waals surface area contributed by atoms with E-state index in [1.54, 1.807) is 72.8 Å². The Kier molecular flexibility index (Phi) is 4.01. The summed E-state index contributed by atoms with van der Waals surface area (Å²) in [5.74, 6) is 0. The number of hydrogen-bond acceptors (Lipinski definition) is 1. The van der Waals surface area contributed by atoms with E-state index in [2.05, 4.69) is 0 Å². The van der Waals surface area contributed by atoms with Crippen LogP contribution < -0.4 is 0 Å². The first-order valence-electron chi connectivity index (χ1n) is 19.6. The Morgan fingerprint density at radius 1 is 0.378 bits per heavy atom. The highest BCUT2D eigenvalue weighted by atomic mass is 16.3. The van der Waals surface area contributed by atoms with Crippen molar-refractivity contribution in [2.45, 2.75) is 0 Å². The second kappa shape index (κ2) is 10.4. The lowest BCUT2D eigenvalue weighted by Gasteiger charge is -2.18. The topological polar surface area (TPSA) is 13.1 Å². The van der Waals surface area contributed by atoms with Crippen LogP contribution in [0.4, 0.5) is 0 Å². The molecule has 0 spiro atoms. The van der Waals surface area contributed by atoms with Crippen molar-refractivity contribution in [1.29, 1.82) is 0 Å². The molecule has 0 N–H and O–H groups in total. The molecule has 45 heavy (non-hydrogen) atoms. The van der Waals surface area contributed by atoms with Crippen molar-refractivity contribution in [3.63, 3.8) is 0 Å². The minimum absolute atomic E-state index is 0.0863.